The Kier molecular flexibility index (Phi) is 2.69. The fourth-order valence-electron chi connectivity index (χ4n) is 2.20. The van der Waals surface area contributed by atoms with E-state index in [2.05, 4.69) is 10.1 Å². The molecule has 1 fully saturated rings. The molecule has 0 radical (unpaired) electrons. The maximum Gasteiger partial charge on any atom is 0.307 e. The lowest BCUT2D eigenvalue weighted by molar-refractivity contribution is -0.139. The first-order chi connectivity index (χ1) is 7.89. The molecule has 0 bridgehead atoms. The van der Waals surface area contributed by atoms with Crippen molar-refractivity contribution in [1.82, 2.24) is 10.1 Å². The van der Waals surface area contributed by atoms with Gasteiger partial charge in [-0.05, 0) is 12.3 Å². The van der Waals surface area contributed by atoms with Gasteiger partial charge in [0.05, 0.1) is 11.8 Å². The number of hydrogen-bond donors (Lipinski definition) is 1. The lowest BCUT2D eigenvalue weighted by atomic mass is 10.1. The highest BCUT2D eigenvalue weighted by Crippen LogP contribution is 2.64. The zero-order chi connectivity index (χ0) is 12.8. The molecule has 1 N–H and O–H groups in total. The summed E-state index contributed by atoms with van der Waals surface area (Å²) in [7, 11) is 1.56. The van der Waals surface area contributed by atoms with E-state index in [1.54, 1.807) is 14.0 Å². The Morgan fingerprint density at radius 1 is 1.59 bits per heavy atom. The minimum atomic E-state index is -0.820. The van der Waals surface area contributed by atoms with Gasteiger partial charge >= 0.3 is 5.97 Å². The van der Waals surface area contributed by atoms with Crippen molar-refractivity contribution in [3.05, 3.63) is 11.7 Å². The zero-order valence-electron chi connectivity index (χ0n) is 10.3. The molecular formula is C11H16N2O4. The van der Waals surface area contributed by atoms with Crippen molar-refractivity contribution in [2.24, 2.45) is 11.3 Å². The second-order valence-electron chi connectivity index (χ2n) is 4.98. The average molecular weight is 240 g/mol. The Morgan fingerprint density at radius 3 is 2.71 bits per heavy atom. The van der Waals surface area contributed by atoms with Gasteiger partial charge in [-0.25, -0.2) is 0 Å². The van der Waals surface area contributed by atoms with Crippen molar-refractivity contribution in [3.8, 4) is 0 Å². The predicted octanol–water partition coefficient (Wildman–Crippen LogP) is 1.60. The summed E-state index contributed by atoms with van der Waals surface area (Å²) in [4.78, 5) is 15.2. The molecule has 1 aliphatic rings. The highest BCUT2D eigenvalue weighted by Gasteiger charge is 2.65. The number of aliphatic carboxylic acids is 1. The van der Waals surface area contributed by atoms with Crippen LogP contribution in [0.4, 0.5) is 0 Å². The smallest absolute Gasteiger partial charge is 0.307 e. The van der Waals surface area contributed by atoms with E-state index in [4.69, 9.17) is 14.4 Å². The molecule has 3 atom stereocenters. The van der Waals surface area contributed by atoms with Gasteiger partial charge in [0.25, 0.3) is 0 Å². The van der Waals surface area contributed by atoms with Crippen LogP contribution in [-0.4, -0.2) is 28.3 Å². The number of hydrogen-bond acceptors (Lipinski definition) is 5. The zero-order valence-corrected chi connectivity index (χ0v) is 10.3. The molecule has 6 heteroatoms. The standard InChI is InChI=1S/C11H16N2O4/c1-5(16-4)8-12-9(17-13-8)6-7(10(14)15)11(6,2)3/h5-7H,1-4H3,(H,14,15). The minimum absolute atomic E-state index is 0.203. The fraction of sp³-hybridized carbons (Fsp3) is 0.727. The molecule has 3 unspecified atom stereocenters. The van der Waals surface area contributed by atoms with E-state index in [0.29, 0.717) is 11.7 Å². The van der Waals surface area contributed by atoms with Gasteiger partial charge in [0.1, 0.15) is 6.10 Å². The molecule has 0 spiro atoms. The summed E-state index contributed by atoms with van der Waals surface area (Å²) in [6, 6.07) is 0. The number of carboxylic acid groups (broad SMARTS) is 1. The lowest BCUT2D eigenvalue weighted by Gasteiger charge is -2.01. The molecule has 94 valence electrons. The van der Waals surface area contributed by atoms with Crippen LogP contribution in [0.1, 0.15) is 44.5 Å². The van der Waals surface area contributed by atoms with Gasteiger partial charge in [0.15, 0.2) is 5.82 Å². The van der Waals surface area contributed by atoms with Crippen LogP contribution in [0.25, 0.3) is 0 Å². The van der Waals surface area contributed by atoms with E-state index in [0.717, 1.165) is 0 Å². The summed E-state index contributed by atoms with van der Waals surface area (Å²) < 4.78 is 10.2. The molecule has 2 rings (SSSR count). The summed E-state index contributed by atoms with van der Waals surface area (Å²) in [6.07, 6.45) is -0.252. The number of carbonyl (C=O) groups is 1. The van der Waals surface area contributed by atoms with E-state index in [1.807, 2.05) is 13.8 Å². The average Bonchev–Trinajstić information content (AvgIpc) is 2.64. The largest absolute Gasteiger partial charge is 0.481 e. The van der Waals surface area contributed by atoms with Crippen molar-refractivity contribution in [3.63, 3.8) is 0 Å². The third kappa shape index (κ3) is 1.82. The minimum Gasteiger partial charge on any atom is -0.481 e. The molecule has 0 aromatic carbocycles. The molecule has 6 nitrogen and oxygen atoms in total. The molecule has 1 heterocycles. The highest BCUT2D eigenvalue weighted by molar-refractivity contribution is 5.77. The molecule has 0 aliphatic heterocycles. The first kappa shape index (κ1) is 12.0. The lowest BCUT2D eigenvalue weighted by Crippen LogP contribution is -2.03. The van der Waals surface area contributed by atoms with Crippen LogP contribution in [0, 0.1) is 11.3 Å². The van der Waals surface area contributed by atoms with E-state index in [9.17, 15) is 4.79 Å². The molecule has 1 aliphatic carbocycles. The molecule has 0 amide bonds. The van der Waals surface area contributed by atoms with E-state index in [-0.39, 0.29) is 17.4 Å². The number of aromatic nitrogens is 2. The SMILES string of the molecule is COC(C)c1noc(C2C(C(=O)O)C2(C)C)n1. The molecule has 1 aromatic rings. The third-order valence-electron chi connectivity index (χ3n) is 3.53. The molecular weight excluding hydrogens is 224 g/mol. The number of nitrogens with zero attached hydrogens (tertiary/aromatic N) is 2. The van der Waals surface area contributed by atoms with Crippen LogP contribution in [0.3, 0.4) is 0 Å². The Balaban J connectivity index is 2.20. The van der Waals surface area contributed by atoms with Crippen molar-refractivity contribution in [1.29, 1.82) is 0 Å². The van der Waals surface area contributed by atoms with Crippen molar-refractivity contribution in [2.75, 3.05) is 7.11 Å². The summed E-state index contributed by atoms with van der Waals surface area (Å²) >= 11 is 0. The van der Waals surface area contributed by atoms with Crippen molar-refractivity contribution >= 4 is 5.97 Å². The summed E-state index contributed by atoms with van der Waals surface area (Å²) in [6.45, 7) is 5.58. The second-order valence-corrected chi connectivity index (χ2v) is 4.98. The molecule has 17 heavy (non-hydrogen) atoms. The Labute approximate surface area is 99.0 Å². The predicted molar refractivity (Wildman–Crippen MR) is 57.4 cm³/mol. The van der Waals surface area contributed by atoms with Gasteiger partial charge in [0.2, 0.25) is 5.89 Å². The third-order valence-corrected chi connectivity index (χ3v) is 3.53. The summed E-state index contributed by atoms with van der Waals surface area (Å²) in [5.41, 5.74) is -0.327. The van der Waals surface area contributed by atoms with Crippen LogP contribution >= 0.6 is 0 Å². The second kappa shape index (κ2) is 3.80. The summed E-state index contributed by atoms with van der Waals surface area (Å²) in [5, 5.41) is 12.9. The molecule has 0 saturated heterocycles. The van der Waals surface area contributed by atoms with Crippen LogP contribution in [0.5, 0.6) is 0 Å². The van der Waals surface area contributed by atoms with Gasteiger partial charge in [-0.15, -0.1) is 0 Å². The maximum absolute atomic E-state index is 11.0. The summed E-state index contributed by atoms with van der Waals surface area (Å²) in [5.74, 6) is -0.630. The van der Waals surface area contributed by atoms with E-state index >= 15 is 0 Å². The van der Waals surface area contributed by atoms with Crippen LogP contribution in [-0.2, 0) is 9.53 Å². The Hall–Kier alpha value is -1.43. The van der Waals surface area contributed by atoms with Crippen molar-refractivity contribution < 1.29 is 19.2 Å². The van der Waals surface area contributed by atoms with Gasteiger partial charge in [-0.1, -0.05) is 19.0 Å². The van der Waals surface area contributed by atoms with Crippen LogP contribution in [0.15, 0.2) is 4.52 Å². The van der Waals surface area contributed by atoms with Crippen LogP contribution in [0.2, 0.25) is 0 Å². The highest BCUT2D eigenvalue weighted by atomic mass is 16.5. The number of carboxylic acids is 1. The molecule has 1 aromatic heterocycles. The van der Waals surface area contributed by atoms with Gasteiger partial charge < -0.3 is 14.4 Å². The topological polar surface area (TPSA) is 85.5 Å². The fourth-order valence-corrected chi connectivity index (χ4v) is 2.20. The number of rotatable bonds is 4. The van der Waals surface area contributed by atoms with Crippen molar-refractivity contribution in [2.45, 2.75) is 32.8 Å². The number of ether oxygens (including phenoxy) is 1. The quantitative estimate of drug-likeness (QED) is 0.860. The first-order valence-corrected chi connectivity index (χ1v) is 5.48. The monoisotopic (exact) mass is 240 g/mol. The Morgan fingerprint density at radius 2 is 2.24 bits per heavy atom. The van der Waals surface area contributed by atoms with E-state index in [1.165, 1.54) is 0 Å². The maximum atomic E-state index is 11.0. The van der Waals surface area contributed by atoms with Crippen LogP contribution < -0.4 is 0 Å². The van der Waals surface area contributed by atoms with Gasteiger partial charge in [0, 0.05) is 7.11 Å². The normalized spacial score (nSPS) is 27.8. The Bertz CT molecular complexity index is 440. The molecule has 1 saturated carbocycles. The number of methoxy groups -OCH3 is 1. The van der Waals surface area contributed by atoms with E-state index < -0.39 is 11.9 Å². The van der Waals surface area contributed by atoms with Gasteiger partial charge in [-0.3, -0.25) is 4.79 Å². The first-order valence-electron chi connectivity index (χ1n) is 5.48. The van der Waals surface area contributed by atoms with Gasteiger partial charge in [-0.2, -0.15) is 4.98 Å².